The third-order valence-corrected chi connectivity index (χ3v) is 8.31. The fourth-order valence-corrected chi connectivity index (χ4v) is 5.52. The normalized spacial score (nSPS) is 12.2. The summed E-state index contributed by atoms with van der Waals surface area (Å²) in [5.74, 6) is -0.879. The van der Waals surface area contributed by atoms with Gasteiger partial charge in [0.2, 0.25) is 5.91 Å². The van der Waals surface area contributed by atoms with Crippen LogP contribution in [0.2, 0.25) is 0 Å². The highest BCUT2D eigenvalue weighted by Crippen LogP contribution is 2.36. The van der Waals surface area contributed by atoms with Gasteiger partial charge in [-0.05, 0) is 19.3 Å². The van der Waals surface area contributed by atoms with E-state index in [-0.39, 0.29) is 25.4 Å². The molecule has 0 rings (SSSR count). The predicted octanol–water partition coefficient (Wildman–Crippen LogP) is 8.46. The number of carbonyl (C=O) groups is 3. The number of amides is 1. The average molecular weight is 664 g/mol. The van der Waals surface area contributed by atoms with Gasteiger partial charge < -0.3 is 24.6 Å². The topological polar surface area (TPSA) is 148 Å². The summed E-state index contributed by atoms with van der Waals surface area (Å²) in [7, 11) is -4.75. The molecule has 0 aliphatic rings. The lowest BCUT2D eigenvalue weighted by molar-refractivity contribution is -0.161. The van der Waals surface area contributed by atoms with Crippen molar-refractivity contribution in [1.82, 2.24) is 5.32 Å². The van der Waals surface area contributed by atoms with Crippen LogP contribution in [-0.4, -0.2) is 53.5 Å². The lowest BCUT2D eigenvalue weighted by Gasteiger charge is -2.18. The van der Waals surface area contributed by atoms with Crippen molar-refractivity contribution in [1.29, 1.82) is 0 Å². The van der Waals surface area contributed by atoms with Crippen LogP contribution in [0.25, 0.3) is 0 Å². The molecule has 0 radical (unpaired) electrons. The van der Waals surface area contributed by atoms with Gasteiger partial charge in [-0.1, -0.05) is 135 Å². The molecule has 0 fully saturated rings. The Bertz CT molecular complexity index is 775. The molecule has 0 aromatic rings. The van der Waals surface area contributed by atoms with Crippen molar-refractivity contribution >= 4 is 25.7 Å². The lowest BCUT2D eigenvalue weighted by atomic mass is 10.0. The number of rotatable bonds is 33. The number of phosphoric ester groups is 1. The Kier molecular flexibility index (Phi) is 30.1. The predicted molar refractivity (Wildman–Crippen MR) is 179 cm³/mol. The molecule has 10 nitrogen and oxygen atoms in total. The first kappa shape index (κ1) is 43.5. The molecule has 1 amide bonds. The number of nitrogens with one attached hydrogen (secondary N) is 1. The first-order valence-electron chi connectivity index (χ1n) is 17.9. The van der Waals surface area contributed by atoms with Crippen LogP contribution in [-0.2, 0) is 32.9 Å². The number of hydrogen-bond donors (Lipinski definition) is 3. The van der Waals surface area contributed by atoms with Gasteiger partial charge in [-0.15, -0.1) is 0 Å². The largest absolute Gasteiger partial charge is 0.469 e. The molecule has 0 saturated heterocycles. The van der Waals surface area contributed by atoms with Gasteiger partial charge >= 0.3 is 19.8 Å². The second kappa shape index (κ2) is 31.1. The number of unbranched alkanes of at least 4 members (excludes halogenated alkanes) is 21. The molecule has 0 aliphatic heterocycles. The Morgan fingerprint density at radius 1 is 0.600 bits per heavy atom. The molecule has 0 aromatic carbocycles. The zero-order valence-corrected chi connectivity index (χ0v) is 29.5. The molecule has 0 aliphatic carbocycles. The number of phosphoric acid groups is 1. The summed E-state index contributed by atoms with van der Waals surface area (Å²) in [6.45, 7) is 3.70. The van der Waals surface area contributed by atoms with E-state index in [0.29, 0.717) is 12.8 Å². The van der Waals surface area contributed by atoms with Gasteiger partial charge in [-0.25, -0.2) is 4.57 Å². The molecule has 0 aromatic heterocycles. The van der Waals surface area contributed by atoms with E-state index in [0.717, 1.165) is 57.9 Å². The molecule has 0 bridgehead atoms. The third-order valence-electron chi connectivity index (χ3n) is 7.82. The number of ether oxygens (including phenoxy) is 2. The standard InChI is InChI=1S/C34H66NO9P/c1-3-4-5-6-7-8-9-11-15-18-21-24-27-34(38)44-32(30-43-45(39,40)41)29-42-33(37)26-23-20-17-14-12-10-13-16-19-22-25-28-35-31(2)36/h32H,3-30H2,1-2H3,(H,35,36)(H2,39,40,41)/t32-/m1/s1. The van der Waals surface area contributed by atoms with Gasteiger partial charge in [-0.2, -0.15) is 0 Å². The minimum absolute atomic E-state index is 0.0320. The van der Waals surface area contributed by atoms with E-state index in [1.54, 1.807) is 6.92 Å². The second-order valence-corrected chi connectivity index (χ2v) is 13.6. The minimum atomic E-state index is -4.75. The fraction of sp³-hybridized carbons (Fsp3) is 0.912. The van der Waals surface area contributed by atoms with Crippen molar-refractivity contribution in [2.45, 2.75) is 180 Å². The maximum Gasteiger partial charge on any atom is 0.469 e. The summed E-state index contributed by atoms with van der Waals surface area (Å²) in [6, 6.07) is 0. The molecule has 11 heteroatoms. The first-order valence-corrected chi connectivity index (χ1v) is 19.5. The highest BCUT2D eigenvalue weighted by atomic mass is 31.2. The second-order valence-electron chi connectivity index (χ2n) is 12.3. The minimum Gasteiger partial charge on any atom is -0.462 e. The maximum absolute atomic E-state index is 12.3. The lowest BCUT2D eigenvalue weighted by Crippen LogP contribution is -2.29. The molecule has 0 spiro atoms. The Morgan fingerprint density at radius 3 is 1.42 bits per heavy atom. The van der Waals surface area contributed by atoms with Gasteiger partial charge in [0.05, 0.1) is 6.61 Å². The fourth-order valence-electron chi connectivity index (χ4n) is 5.16. The van der Waals surface area contributed by atoms with Crippen molar-refractivity contribution in [2.24, 2.45) is 0 Å². The van der Waals surface area contributed by atoms with Crippen molar-refractivity contribution in [3.05, 3.63) is 0 Å². The highest BCUT2D eigenvalue weighted by molar-refractivity contribution is 7.46. The molecular weight excluding hydrogens is 597 g/mol. The van der Waals surface area contributed by atoms with Gasteiger partial charge in [0, 0.05) is 26.3 Å². The summed E-state index contributed by atoms with van der Waals surface area (Å²) in [5.41, 5.74) is 0. The Hall–Kier alpha value is -1.48. The van der Waals surface area contributed by atoms with Crippen molar-refractivity contribution in [3.63, 3.8) is 0 Å². The SMILES string of the molecule is CCCCCCCCCCCCCCC(=O)O[C@H](COC(=O)CCCCCCCCCCCCCNC(C)=O)COP(=O)(O)O. The molecule has 1 atom stereocenters. The molecule has 0 heterocycles. The number of esters is 2. The monoisotopic (exact) mass is 663 g/mol. The van der Waals surface area contributed by atoms with E-state index in [1.165, 1.54) is 83.5 Å². The van der Waals surface area contributed by atoms with E-state index in [2.05, 4.69) is 16.8 Å². The number of hydrogen-bond acceptors (Lipinski definition) is 7. The zero-order chi connectivity index (χ0) is 33.4. The van der Waals surface area contributed by atoms with Crippen LogP contribution in [0.15, 0.2) is 0 Å². The van der Waals surface area contributed by atoms with Crippen LogP contribution in [0.4, 0.5) is 0 Å². The van der Waals surface area contributed by atoms with Gasteiger partial charge in [0.25, 0.3) is 0 Å². The summed E-state index contributed by atoms with van der Waals surface area (Å²) in [5, 5.41) is 2.82. The van der Waals surface area contributed by atoms with Crippen LogP contribution in [0.1, 0.15) is 174 Å². The van der Waals surface area contributed by atoms with Gasteiger partial charge in [0.15, 0.2) is 6.10 Å². The molecule has 266 valence electrons. The Labute approximate surface area is 273 Å². The van der Waals surface area contributed by atoms with Crippen molar-refractivity contribution in [2.75, 3.05) is 19.8 Å². The average Bonchev–Trinajstić information content (AvgIpc) is 2.98. The van der Waals surface area contributed by atoms with Crippen LogP contribution < -0.4 is 5.32 Å². The summed E-state index contributed by atoms with van der Waals surface area (Å²) < 4.78 is 26.2. The summed E-state index contributed by atoms with van der Waals surface area (Å²) >= 11 is 0. The third kappa shape index (κ3) is 35.2. The van der Waals surface area contributed by atoms with E-state index in [1.807, 2.05) is 0 Å². The van der Waals surface area contributed by atoms with E-state index >= 15 is 0 Å². The highest BCUT2D eigenvalue weighted by Gasteiger charge is 2.22. The smallest absolute Gasteiger partial charge is 0.462 e. The first-order chi connectivity index (χ1) is 21.6. The van der Waals surface area contributed by atoms with Crippen LogP contribution >= 0.6 is 7.82 Å². The summed E-state index contributed by atoms with van der Waals surface area (Å²) in [6.07, 6.45) is 25.6. The summed E-state index contributed by atoms with van der Waals surface area (Å²) in [4.78, 5) is 53.4. The van der Waals surface area contributed by atoms with Crippen molar-refractivity contribution in [3.8, 4) is 0 Å². The van der Waals surface area contributed by atoms with Gasteiger partial charge in [0.1, 0.15) is 6.61 Å². The molecular formula is C34H66NO9P. The number of carbonyl (C=O) groups excluding carboxylic acids is 3. The van der Waals surface area contributed by atoms with Gasteiger partial charge in [-0.3, -0.25) is 18.9 Å². The molecule has 0 unspecified atom stereocenters. The molecule has 0 saturated carbocycles. The quantitative estimate of drug-likeness (QED) is 0.0357. The van der Waals surface area contributed by atoms with Crippen molar-refractivity contribution < 1.29 is 42.7 Å². The molecule has 45 heavy (non-hydrogen) atoms. The Morgan fingerprint density at radius 2 is 1.00 bits per heavy atom. The zero-order valence-electron chi connectivity index (χ0n) is 28.6. The van der Waals surface area contributed by atoms with Crippen LogP contribution in [0.5, 0.6) is 0 Å². The van der Waals surface area contributed by atoms with Crippen LogP contribution in [0.3, 0.4) is 0 Å². The van der Waals surface area contributed by atoms with E-state index in [4.69, 9.17) is 19.3 Å². The Balaban J connectivity index is 3.93. The van der Waals surface area contributed by atoms with E-state index < -0.39 is 32.5 Å². The maximum atomic E-state index is 12.3. The van der Waals surface area contributed by atoms with E-state index in [9.17, 15) is 18.9 Å². The molecule has 3 N–H and O–H groups in total. The van der Waals surface area contributed by atoms with Crippen LogP contribution in [0, 0.1) is 0 Å².